The third-order valence-electron chi connectivity index (χ3n) is 3.74. The lowest BCUT2D eigenvalue weighted by Gasteiger charge is -2.19. The third-order valence-corrected chi connectivity index (χ3v) is 4.68. The van der Waals surface area contributed by atoms with Crippen LogP contribution in [0, 0.1) is 0 Å². The van der Waals surface area contributed by atoms with Crippen LogP contribution >= 0.6 is 11.8 Å². The standard InChI is InChI=1S/C19H25N3O3S/c1-6-11-22-16(20-21-18(22)26-13-17(23)24-5)12-25-15-9-7-14(8-10-15)19(2,3)4/h6-10H,1,11-13H2,2-5H3. The smallest absolute Gasteiger partial charge is 0.316 e. The normalized spacial score (nSPS) is 11.2. The Labute approximate surface area is 158 Å². The molecule has 0 fully saturated rings. The lowest BCUT2D eigenvalue weighted by Crippen LogP contribution is -2.11. The molecule has 0 aliphatic heterocycles. The molecule has 0 saturated carbocycles. The highest BCUT2D eigenvalue weighted by atomic mass is 32.2. The SMILES string of the molecule is C=CCn1c(COc2ccc(C(C)(C)C)cc2)nnc1SCC(=O)OC. The molecule has 26 heavy (non-hydrogen) atoms. The summed E-state index contributed by atoms with van der Waals surface area (Å²) >= 11 is 1.28. The highest BCUT2D eigenvalue weighted by molar-refractivity contribution is 7.99. The summed E-state index contributed by atoms with van der Waals surface area (Å²) in [5.41, 5.74) is 1.36. The number of nitrogens with zero attached hydrogens (tertiary/aromatic N) is 3. The molecule has 7 heteroatoms. The van der Waals surface area contributed by atoms with E-state index in [0.717, 1.165) is 5.75 Å². The van der Waals surface area contributed by atoms with Crippen molar-refractivity contribution in [3.63, 3.8) is 0 Å². The first-order chi connectivity index (χ1) is 12.3. The first-order valence-corrected chi connectivity index (χ1v) is 9.29. The van der Waals surface area contributed by atoms with Crippen LogP contribution in [-0.2, 0) is 28.1 Å². The maximum absolute atomic E-state index is 11.3. The maximum atomic E-state index is 11.3. The van der Waals surface area contributed by atoms with E-state index >= 15 is 0 Å². The number of methoxy groups -OCH3 is 1. The zero-order chi connectivity index (χ0) is 19.2. The van der Waals surface area contributed by atoms with E-state index < -0.39 is 0 Å². The van der Waals surface area contributed by atoms with Gasteiger partial charge in [-0.3, -0.25) is 9.36 Å². The Morgan fingerprint density at radius 1 is 1.27 bits per heavy atom. The van der Waals surface area contributed by atoms with E-state index in [-0.39, 0.29) is 23.7 Å². The molecule has 6 nitrogen and oxygen atoms in total. The van der Waals surface area contributed by atoms with Gasteiger partial charge in [-0.2, -0.15) is 0 Å². The fourth-order valence-corrected chi connectivity index (χ4v) is 3.03. The van der Waals surface area contributed by atoms with Gasteiger partial charge in [0, 0.05) is 6.54 Å². The van der Waals surface area contributed by atoms with E-state index in [9.17, 15) is 4.79 Å². The van der Waals surface area contributed by atoms with E-state index in [1.54, 1.807) is 6.08 Å². The molecular formula is C19H25N3O3S. The van der Waals surface area contributed by atoms with Crippen LogP contribution in [0.15, 0.2) is 42.1 Å². The monoisotopic (exact) mass is 375 g/mol. The number of esters is 1. The van der Waals surface area contributed by atoms with Crippen LogP contribution < -0.4 is 4.74 Å². The van der Waals surface area contributed by atoms with Gasteiger partial charge in [-0.05, 0) is 23.1 Å². The minimum Gasteiger partial charge on any atom is -0.486 e. The second kappa shape index (κ2) is 8.89. The lowest BCUT2D eigenvalue weighted by atomic mass is 9.87. The van der Waals surface area contributed by atoms with Gasteiger partial charge in [-0.1, -0.05) is 50.7 Å². The Balaban J connectivity index is 2.05. The van der Waals surface area contributed by atoms with Crippen molar-refractivity contribution in [3.8, 4) is 5.75 Å². The van der Waals surface area contributed by atoms with Gasteiger partial charge in [0.15, 0.2) is 11.0 Å². The summed E-state index contributed by atoms with van der Waals surface area (Å²) in [5, 5.41) is 8.95. The number of benzene rings is 1. The van der Waals surface area contributed by atoms with Gasteiger partial charge < -0.3 is 9.47 Å². The number of ether oxygens (including phenoxy) is 2. The minimum absolute atomic E-state index is 0.106. The molecule has 1 aromatic carbocycles. The largest absolute Gasteiger partial charge is 0.486 e. The molecule has 0 atom stereocenters. The summed E-state index contributed by atoms with van der Waals surface area (Å²) in [6, 6.07) is 8.06. The average Bonchev–Trinajstić information content (AvgIpc) is 2.99. The second-order valence-electron chi connectivity index (χ2n) is 6.73. The van der Waals surface area contributed by atoms with E-state index in [4.69, 9.17) is 4.74 Å². The van der Waals surface area contributed by atoms with Crippen molar-refractivity contribution >= 4 is 17.7 Å². The second-order valence-corrected chi connectivity index (χ2v) is 7.67. The van der Waals surface area contributed by atoms with Crippen LogP contribution in [0.4, 0.5) is 0 Å². The molecule has 0 spiro atoms. The predicted octanol–water partition coefficient (Wildman–Crippen LogP) is 3.61. The predicted molar refractivity (Wildman–Crippen MR) is 102 cm³/mol. The van der Waals surface area contributed by atoms with Crippen LogP contribution in [0.2, 0.25) is 0 Å². The van der Waals surface area contributed by atoms with Crippen molar-refractivity contribution in [1.82, 2.24) is 14.8 Å². The quantitative estimate of drug-likeness (QED) is 0.399. The Bertz CT molecular complexity index is 748. The van der Waals surface area contributed by atoms with Gasteiger partial charge in [0.2, 0.25) is 0 Å². The topological polar surface area (TPSA) is 66.2 Å². The van der Waals surface area contributed by atoms with E-state index in [1.165, 1.54) is 24.4 Å². The first-order valence-electron chi connectivity index (χ1n) is 8.31. The molecule has 0 bridgehead atoms. The number of carbonyl (C=O) groups excluding carboxylic acids is 1. The fourth-order valence-electron chi connectivity index (χ4n) is 2.23. The zero-order valence-electron chi connectivity index (χ0n) is 15.7. The lowest BCUT2D eigenvalue weighted by molar-refractivity contribution is -0.137. The molecular weight excluding hydrogens is 350 g/mol. The molecule has 0 unspecified atom stereocenters. The number of thioether (sulfide) groups is 1. The Morgan fingerprint density at radius 2 is 1.96 bits per heavy atom. The highest BCUT2D eigenvalue weighted by Gasteiger charge is 2.15. The summed E-state index contributed by atoms with van der Waals surface area (Å²) in [5.74, 6) is 1.33. The van der Waals surface area contributed by atoms with Crippen LogP contribution in [0.25, 0.3) is 0 Å². The van der Waals surface area contributed by atoms with Crippen LogP contribution in [0.1, 0.15) is 32.2 Å². The van der Waals surface area contributed by atoms with Gasteiger partial charge in [0.25, 0.3) is 0 Å². The molecule has 140 valence electrons. The van der Waals surface area contributed by atoms with Crippen LogP contribution in [0.3, 0.4) is 0 Å². The third kappa shape index (κ3) is 5.36. The molecule has 0 aliphatic carbocycles. The average molecular weight is 375 g/mol. The van der Waals surface area contributed by atoms with Gasteiger partial charge in [0.05, 0.1) is 12.9 Å². The van der Waals surface area contributed by atoms with E-state index in [0.29, 0.717) is 17.5 Å². The molecule has 2 rings (SSSR count). The summed E-state index contributed by atoms with van der Waals surface area (Å²) < 4.78 is 12.4. The van der Waals surface area contributed by atoms with Crippen LogP contribution in [0.5, 0.6) is 5.75 Å². The van der Waals surface area contributed by atoms with E-state index in [1.807, 2.05) is 16.7 Å². The highest BCUT2D eigenvalue weighted by Crippen LogP contribution is 2.25. The van der Waals surface area contributed by atoms with Gasteiger partial charge >= 0.3 is 5.97 Å². The van der Waals surface area contributed by atoms with Crippen molar-refractivity contribution in [2.75, 3.05) is 12.9 Å². The number of carbonyl (C=O) groups is 1. The zero-order valence-corrected chi connectivity index (χ0v) is 16.5. The molecule has 0 amide bonds. The number of aromatic nitrogens is 3. The molecule has 0 radical (unpaired) electrons. The van der Waals surface area contributed by atoms with Gasteiger partial charge in [0.1, 0.15) is 12.4 Å². The van der Waals surface area contributed by atoms with Gasteiger partial charge in [-0.25, -0.2) is 0 Å². The number of allylic oxidation sites excluding steroid dienone is 1. The Hall–Kier alpha value is -2.28. The molecule has 0 saturated heterocycles. The van der Waals surface area contributed by atoms with Crippen LogP contribution in [-0.4, -0.2) is 33.6 Å². The van der Waals surface area contributed by atoms with Crippen molar-refractivity contribution in [2.45, 2.75) is 44.5 Å². The molecule has 1 aromatic heterocycles. The number of rotatable bonds is 8. The summed E-state index contributed by atoms with van der Waals surface area (Å²) in [7, 11) is 1.36. The first kappa shape index (κ1) is 20.0. The van der Waals surface area contributed by atoms with Crippen molar-refractivity contribution < 1.29 is 14.3 Å². The summed E-state index contributed by atoms with van der Waals surface area (Å²) in [4.78, 5) is 11.3. The maximum Gasteiger partial charge on any atom is 0.316 e. The van der Waals surface area contributed by atoms with E-state index in [2.05, 4.69) is 54.4 Å². The van der Waals surface area contributed by atoms with Crippen molar-refractivity contribution in [1.29, 1.82) is 0 Å². The molecule has 1 heterocycles. The van der Waals surface area contributed by atoms with Gasteiger partial charge in [-0.15, -0.1) is 16.8 Å². The minimum atomic E-state index is -0.306. The number of hydrogen-bond acceptors (Lipinski definition) is 6. The number of hydrogen-bond donors (Lipinski definition) is 0. The van der Waals surface area contributed by atoms with Crippen molar-refractivity contribution in [2.24, 2.45) is 0 Å². The Morgan fingerprint density at radius 3 is 2.54 bits per heavy atom. The molecule has 0 aliphatic rings. The Kier molecular flexibility index (Phi) is 6.85. The molecule has 2 aromatic rings. The van der Waals surface area contributed by atoms with Crippen molar-refractivity contribution in [3.05, 3.63) is 48.3 Å². The fraction of sp³-hybridized carbons (Fsp3) is 0.421. The molecule has 0 N–H and O–H groups in total. The summed E-state index contributed by atoms with van der Waals surface area (Å²) in [6.45, 7) is 11.1. The summed E-state index contributed by atoms with van der Waals surface area (Å²) in [6.07, 6.45) is 1.76.